The average molecular weight is 212 g/mol. The molecule has 0 aliphatic rings. The summed E-state index contributed by atoms with van der Waals surface area (Å²) in [4.78, 5) is 27.2. The first-order valence-corrected chi connectivity index (χ1v) is 5.07. The molecule has 0 aromatic heterocycles. The van der Waals surface area contributed by atoms with Crippen molar-refractivity contribution >= 4 is 12.2 Å². The lowest BCUT2D eigenvalue weighted by Gasteiger charge is -2.15. The van der Waals surface area contributed by atoms with E-state index in [2.05, 4.69) is 9.98 Å². The summed E-state index contributed by atoms with van der Waals surface area (Å²) in [6, 6.07) is 0. The molecule has 84 valence electrons. The first-order valence-electron chi connectivity index (χ1n) is 5.07. The van der Waals surface area contributed by atoms with Gasteiger partial charge in [-0.05, 0) is 12.8 Å². The number of isocyanates is 2. The molecule has 2 atom stereocenters. The molecule has 0 aromatic rings. The van der Waals surface area contributed by atoms with Crippen molar-refractivity contribution in [3.8, 4) is 0 Å². The van der Waals surface area contributed by atoms with Crippen LogP contribution in [0.2, 0.25) is 0 Å². The van der Waals surface area contributed by atoms with Crippen LogP contribution in [-0.2, 0) is 14.3 Å². The molecule has 5 nitrogen and oxygen atoms in total. The van der Waals surface area contributed by atoms with E-state index < -0.39 is 12.5 Å². The van der Waals surface area contributed by atoms with Gasteiger partial charge in [0.15, 0.2) is 12.5 Å². The Morgan fingerprint density at radius 3 is 1.67 bits per heavy atom. The zero-order chi connectivity index (χ0) is 11.5. The smallest absolute Gasteiger partial charge is 0.237 e. The summed E-state index contributed by atoms with van der Waals surface area (Å²) in [7, 11) is 0. The summed E-state index contributed by atoms with van der Waals surface area (Å²) in [5.74, 6) is 0. The Hall–Kier alpha value is -1.28. The second-order valence-electron chi connectivity index (χ2n) is 3.06. The zero-order valence-electron chi connectivity index (χ0n) is 9.10. The van der Waals surface area contributed by atoms with Crippen LogP contribution in [-0.4, -0.2) is 24.6 Å². The van der Waals surface area contributed by atoms with Crippen molar-refractivity contribution in [3.05, 3.63) is 0 Å². The summed E-state index contributed by atoms with van der Waals surface area (Å²) in [6.07, 6.45) is 4.69. The zero-order valence-corrected chi connectivity index (χ0v) is 9.10. The van der Waals surface area contributed by atoms with Crippen LogP contribution in [0.3, 0.4) is 0 Å². The Morgan fingerprint density at radius 2 is 1.40 bits per heavy atom. The van der Waals surface area contributed by atoms with Crippen LogP contribution in [0.4, 0.5) is 0 Å². The van der Waals surface area contributed by atoms with Crippen LogP contribution in [0.25, 0.3) is 0 Å². The van der Waals surface area contributed by atoms with Gasteiger partial charge in [0.25, 0.3) is 0 Å². The molecule has 0 bridgehead atoms. The first kappa shape index (κ1) is 13.7. The van der Waals surface area contributed by atoms with E-state index >= 15 is 0 Å². The third kappa shape index (κ3) is 6.75. The Kier molecular flexibility index (Phi) is 8.49. The van der Waals surface area contributed by atoms with E-state index in [1.807, 2.05) is 13.8 Å². The van der Waals surface area contributed by atoms with Crippen molar-refractivity contribution in [2.45, 2.75) is 52.0 Å². The standard InChI is InChI=1S/C10H16N2O3/c1-3-5-9(11-7-13)15-10(6-4-2)12-8-14/h9-10H,3-6H2,1-2H3. The van der Waals surface area contributed by atoms with Crippen LogP contribution in [0, 0.1) is 0 Å². The summed E-state index contributed by atoms with van der Waals surface area (Å²) in [5, 5.41) is 0. The van der Waals surface area contributed by atoms with Gasteiger partial charge in [0, 0.05) is 0 Å². The molecule has 0 aliphatic carbocycles. The van der Waals surface area contributed by atoms with Gasteiger partial charge in [0.2, 0.25) is 12.2 Å². The molecule has 0 rings (SSSR count). The molecule has 2 unspecified atom stereocenters. The molecule has 15 heavy (non-hydrogen) atoms. The average Bonchev–Trinajstić information content (AvgIpc) is 2.19. The van der Waals surface area contributed by atoms with Gasteiger partial charge in [-0.25, -0.2) is 9.59 Å². The fourth-order valence-electron chi connectivity index (χ4n) is 1.12. The molecule has 0 aromatic carbocycles. The summed E-state index contributed by atoms with van der Waals surface area (Å²) in [5.41, 5.74) is 0. The molecule has 0 spiro atoms. The van der Waals surface area contributed by atoms with Gasteiger partial charge >= 0.3 is 0 Å². The maximum Gasteiger partial charge on any atom is 0.237 e. The fourth-order valence-corrected chi connectivity index (χ4v) is 1.12. The third-order valence-corrected chi connectivity index (χ3v) is 1.78. The fraction of sp³-hybridized carbons (Fsp3) is 0.800. The largest absolute Gasteiger partial charge is 0.330 e. The Balaban J connectivity index is 4.30. The minimum Gasteiger partial charge on any atom is -0.330 e. The number of hydrogen-bond acceptors (Lipinski definition) is 5. The molecule has 0 fully saturated rings. The van der Waals surface area contributed by atoms with Crippen LogP contribution in [0.5, 0.6) is 0 Å². The number of carbonyl (C=O) groups excluding carboxylic acids is 2. The predicted molar refractivity (Wildman–Crippen MR) is 54.7 cm³/mol. The van der Waals surface area contributed by atoms with Crippen molar-refractivity contribution in [2.75, 3.05) is 0 Å². The van der Waals surface area contributed by atoms with Crippen molar-refractivity contribution < 1.29 is 14.3 Å². The molecule has 0 N–H and O–H groups in total. The lowest BCUT2D eigenvalue weighted by molar-refractivity contribution is -0.0109. The molecule has 0 amide bonds. The van der Waals surface area contributed by atoms with Gasteiger partial charge in [0.05, 0.1) is 0 Å². The van der Waals surface area contributed by atoms with Crippen molar-refractivity contribution in [3.63, 3.8) is 0 Å². The highest BCUT2D eigenvalue weighted by Crippen LogP contribution is 2.11. The van der Waals surface area contributed by atoms with Crippen LogP contribution in [0.15, 0.2) is 9.98 Å². The monoisotopic (exact) mass is 212 g/mol. The second kappa shape index (κ2) is 9.28. The Morgan fingerprint density at radius 1 is 1.00 bits per heavy atom. The van der Waals surface area contributed by atoms with E-state index in [0.29, 0.717) is 12.8 Å². The number of aliphatic imine (C=N–C) groups is 2. The van der Waals surface area contributed by atoms with Crippen LogP contribution >= 0.6 is 0 Å². The minimum atomic E-state index is -0.554. The number of rotatable bonds is 8. The predicted octanol–water partition coefficient (Wildman–Crippen LogP) is 1.93. The lowest BCUT2D eigenvalue weighted by Crippen LogP contribution is -2.19. The van der Waals surface area contributed by atoms with Crippen molar-refractivity contribution in [2.24, 2.45) is 9.98 Å². The molecule has 0 aliphatic heterocycles. The second-order valence-corrected chi connectivity index (χ2v) is 3.06. The van der Waals surface area contributed by atoms with Gasteiger partial charge in [0.1, 0.15) is 0 Å². The highest BCUT2D eigenvalue weighted by Gasteiger charge is 2.13. The number of hydrogen-bond donors (Lipinski definition) is 0. The lowest BCUT2D eigenvalue weighted by atomic mass is 10.3. The van der Waals surface area contributed by atoms with E-state index in [1.54, 1.807) is 0 Å². The molecule has 0 heterocycles. The van der Waals surface area contributed by atoms with E-state index in [-0.39, 0.29) is 0 Å². The number of ether oxygens (including phenoxy) is 1. The van der Waals surface area contributed by atoms with Gasteiger partial charge < -0.3 is 4.74 Å². The van der Waals surface area contributed by atoms with Crippen LogP contribution < -0.4 is 0 Å². The Labute approximate surface area is 89.3 Å². The first-order chi connectivity index (χ1) is 7.28. The molecule has 0 saturated carbocycles. The van der Waals surface area contributed by atoms with E-state index in [4.69, 9.17) is 4.74 Å². The van der Waals surface area contributed by atoms with Gasteiger partial charge in [-0.15, -0.1) is 0 Å². The van der Waals surface area contributed by atoms with Gasteiger partial charge in [-0.3, -0.25) is 0 Å². The maximum atomic E-state index is 10.1. The normalized spacial score (nSPS) is 13.5. The topological polar surface area (TPSA) is 68.1 Å². The summed E-state index contributed by atoms with van der Waals surface area (Å²) >= 11 is 0. The Bertz CT molecular complexity index is 229. The number of nitrogens with zero attached hydrogens (tertiary/aromatic N) is 2. The van der Waals surface area contributed by atoms with E-state index in [1.165, 1.54) is 12.2 Å². The van der Waals surface area contributed by atoms with E-state index in [0.717, 1.165) is 12.8 Å². The van der Waals surface area contributed by atoms with E-state index in [9.17, 15) is 9.59 Å². The minimum absolute atomic E-state index is 0.554. The third-order valence-electron chi connectivity index (χ3n) is 1.78. The van der Waals surface area contributed by atoms with Gasteiger partial charge in [-0.1, -0.05) is 26.7 Å². The molecular weight excluding hydrogens is 196 g/mol. The molecule has 5 heteroatoms. The SMILES string of the molecule is CCCC(N=C=O)OC(CCC)N=C=O. The van der Waals surface area contributed by atoms with Crippen molar-refractivity contribution in [1.29, 1.82) is 0 Å². The molecule has 0 saturated heterocycles. The van der Waals surface area contributed by atoms with Crippen LogP contribution in [0.1, 0.15) is 39.5 Å². The summed E-state index contributed by atoms with van der Waals surface area (Å²) in [6.45, 7) is 3.91. The van der Waals surface area contributed by atoms with Gasteiger partial charge in [-0.2, -0.15) is 9.98 Å². The quantitative estimate of drug-likeness (QED) is 0.456. The van der Waals surface area contributed by atoms with Crippen molar-refractivity contribution in [1.82, 2.24) is 0 Å². The summed E-state index contributed by atoms with van der Waals surface area (Å²) < 4.78 is 5.35. The molecular formula is C10H16N2O3. The highest BCUT2D eigenvalue weighted by atomic mass is 16.5. The molecule has 0 radical (unpaired) electrons. The highest BCUT2D eigenvalue weighted by molar-refractivity contribution is 5.33. The maximum absolute atomic E-state index is 10.1.